The predicted octanol–water partition coefficient (Wildman–Crippen LogP) is 2.41. The van der Waals surface area contributed by atoms with Gasteiger partial charge in [-0.25, -0.2) is 0 Å². The van der Waals surface area contributed by atoms with Crippen molar-refractivity contribution in [3.63, 3.8) is 0 Å². The Kier molecular flexibility index (Phi) is 6.67. The van der Waals surface area contributed by atoms with E-state index in [-0.39, 0.29) is 17.8 Å². The average Bonchev–Trinajstić information content (AvgIpc) is 2.98. The number of esters is 1. The molecule has 122 valence electrons. The summed E-state index contributed by atoms with van der Waals surface area (Å²) in [6.45, 7) is 3.40. The molecule has 2 heterocycles. The van der Waals surface area contributed by atoms with Crippen LogP contribution in [0.2, 0.25) is 4.34 Å². The number of piperidine rings is 1. The van der Waals surface area contributed by atoms with Gasteiger partial charge in [-0.15, -0.1) is 11.3 Å². The maximum atomic E-state index is 11.8. The molecule has 1 aliphatic heterocycles. The van der Waals surface area contributed by atoms with Crippen molar-refractivity contribution in [1.29, 1.82) is 0 Å². The van der Waals surface area contributed by atoms with Crippen LogP contribution in [-0.2, 0) is 9.53 Å². The van der Waals surface area contributed by atoms with Gasteiger partial charge in [0.15, 0.2) is 0 Å². The van der Waals surface area contributed by atoms with E-state index in [9.17, 15) is 9.59 Å². The SMILES string of the molecule is COC(=O)C1CCN(CCCNC(=O)c2ccc(Cl)s2)CC1. The number of carbonyl (C=O) groups is 2. The van der Waals surface area contributed by atoms with Crippen LogP contribution in [0.5, 0.6) is 0 Å². The fourth-order valence-electron chi connectivity index (χ4n) is 2.59. The lowest BCUT2D eigenvalue weighted by Gasteiger charge is -2.30. The van der Waals surface area contributed by atoms with E-state index in [1.165, 1.54) is 18.4 Å². The molecule has 0 radical (unpaired) electrons. The van der Waals surface area contributed by atoms with Gasteiger partial charge in [-0.3, -0.25) is 9.59 Å². The number of nitrogens with zero attached hydrogens (tertiary/aromatic N) is 1. The van der Waals surface area contributed by atoms with E-state index in [4.69, 9.17) is 16.3 Å². The van der Waals surface area contributed by atoms with Crippen LogP contribution in [0.1, 0.15) is 28.9 Å². The fraction of sp³-hybridized carbons (Fsp3) is 0.600. The molecule has 1 amide bonds. The Bertz CT molecular complexity index is 513. The molecule has 1 aliphatic rings. The van der Waals surface area contributed by atoms with Crippen LogP contribution in [-0.4, -0.2) is 50.1 Å². The first-order chi connectivity index (χ1) is 10.6. The first-order valence-corrected chi connectivity index (χ1v) is 8.63. The number of amides is 1. The zero-order valence-corrected chi connectivity index (χ0v) is 14.2. The molecular weight excluding hydrogens is 324 g/mol. The second-order valence-electron chi connectivity index (χ2n) is 5.35. The smallest absolute Gasteiger partial charge is 0.308 e. The van der Waals surface area contributed by atoms with Crippen LogP contribution in [0.25, 0.3) is 0 Å². The number of hydrogen-bond acceptors (Lipinski definition) is 5. The van der Waals surface area contributed by atoms with Gasteiger partial charge in [0, 0.05) is 6.54 Å². The molecule has 0 aromatic carbocycles. The average molecular weight is 345 g/mol. The van der Waals surface area contributed by atoms with Gasteiger partial charge in [0.1, 0.15) is 0 Å². The second kappa shape index (κ2) is 8.50. The Morgan fingerprint density at radius 1 is 1.41 bits per heavy atom. The van der Waals surface area contributed by atoms with Crippen molar-refractivity contribution in [3.05, 3.63) is 21.3 Å². The molecule has 5 nitrogen and oxygen atoms in total. The van der Waals surface area contributed by atoms with E-state index in [1.807, 2.05) is 0 Å². The molecule has 0 saturated carbocycles. The largest absolute Gasteiger partial charge is 0.469 e. The minimum Gasteiger partial charge on any atom is -0.469 e. The van der Waals surface area contributed by atoms with Crippen LogP contribution in [0.3, 0.4) is 0 Å². The van der Waals surface area contributed by atoms with E-state index < -0.39 is 0 Å². The van der Waals surface area contributed by atoms with Crippen LogP contribution < -0.4 is 5.32 Å². The second-order valence-corrected chi connectivity index (χ2v) is 7.07. The number of ether oxygens (including phenoxy) is 1. The third-order valence-corrected chi connectivity index (χ3v) is 5.09. The molecule has 0 bridgehead atoms. The number of carbonyl (C=O) groups excluding carboxylic acids is 2. The highest BCUT2D eigenvalue weighted by Crippen LogP contribution is 2.21. The van der Waals surface area contributed by atoms with Gasteiger partial charge in [0.05, 0.1) is 22.2 Å². The van der Waals surface area contributed by atoms with Gasteiger partial charge in [-0.2, -0.15) is 0 Å². The zero-order valence-electron chi connectivity index (χ0n) is 12.6. The highest BCUT2D eigenvalue weighted by molar-refractivity contribution is 7.17. The standard InChI is InChI=1S/C15H21ClN2O3S/c1-21-15(20)11-5-9-18(10-6-11)8-2-7-17-14(19)12-3-4-13(16)22-12/h3-4,11H,2,5-10H2,1H3,(H,17,19). The summed E-state index contributed by atoms with van der Waals surface area (Å²) in [5.41, 5.74) is 0. The number of thiophene rings is 1. The minimum absolute atomic E-state index is 0.0459. The van der Waals surface area contributed by atoms with E-state index in [1.54, 1.807) is 12.1 Å². The van der Waals surface area contributed by atoms with Crippen molar-refractivity contribution in [2.24, 2.45) is 5.92 Å². The molecule has 1 aromatic heterocycles. The molecule has 1 N–H and O–H groups in total. The summed E-state index contributed by atoms with van der Waals surface area (Å²) in [7, 11) is 1.44. The monoisotopic (exact) mass is 344 g/mol. The van der Waals surface area contributed by atoms with Crippen molar-refractivity contribution in [3.8, 4) is 0 Å². The molecule has 0 atom stereocenters. The molecule has 1 fully saturated rings. The van der Waals surface area contributed by atoms with Crippen molar-refractivity contribution in [2.75, 3.05) is 33.3 Å². The normalized spacial score (nSPS) is 16.5. The van der Waals surface area contributed by atoms with Crippen LogP contribution in [0.4, 0.5) is 0 Å². The lowest BCUT2D eigenvalue weighted by atomic mass is 9.97. The Morgan fingerprint density at radius 2 is 2.14 bits per heavy atom. The topological polar surface area (TPSA) is 58.6 Å². The molecule has 1 saturated heterocycles. The van der Waals surface area contributed by atoms with Crippen molar-refractivity contribution in [2.45, 2.75) is 19.3 Å². The van der Waals surface area contributed by atoms with E-state index in [0.717, 1.165) is 38.9 Å². The Morgan fingerprint density at radius 3 is 2.73 bits per heavy atom. The molecule has 0 aliphatic carbocycles. The van der Waals surface area contributed by atoms with Gasteiger partial charge in [-0.1, -0.05) is 11.6 Å². The lowest BCUT2D eigenvalue weighted by Crippen LogP contribution is -2.38. The lowest BCUT2D eigenvalue weighted by molar-refractivity contribution is -0.147. The third-order valence-electron chi connectivity index (χ3n) is 3.86. The molecule has 0 spiro atoms. The highest BCUT2D eigenvalue weighted by atomic mass is 35.5. The maximum absolute atomic E-state index is 11.8. The number of nitrogens with one attached hydrogen (secondary N) is 1. The van der Waals surface area contributed by atoms with Gasteiger partial charge < -0.3 is 15.0 Å². The third kappa shape index (κ3) is 4.97. The number of likely N-dealkylation sites (tertiary alicyclic amines) is 1. The summed E-state index contributed by atoms with van der Waals surface area (Å²) in [4.78, 5) is 26.3. The van der Waals surface area contributed by atoms with Crippen LogP contribution in [0.15, 0.2) is 12.1 Å². The molecule has 22 heavy (non-hydrogen) atoms. The fourth-order valence-corrected chi connectivity index (χ4v) is 3.55. The highest BCUT2D eigenvalue weighted by Gasteiger charge is 2.25. The van der Waals surface area contributed by atoms with E-state index in [0.29, 0.717) is 15.8 Å². The van der Waals surface area contributed by atoms with Crippen molar-refractivity contribution in [1.82, 2.24) is 10.2 Å². The molecule has 2 rings (SSSR count). The first kappa shape index (κ1) is 17.2. The number of halogens is 1. The van der Waals surface area contributed by atoms with E-state index in [2.05, 4.69) is 10.2 Å². The first-order valence-electron chi connectivity index (χ1n) is 7.44. The van der Waals surface area contributed by atoms with Gasteiger partial charge in [0.2, 0.25) is 0 Å². The number of hydrogen-bond donors (Lipinski definition) is 1. The minimum atomic E-state index is -0.0958. The Balaban J connectivity index is 1.60. The summed E-state index contributed by atoms with van der Waals surface area (Å²) in [5, 5.41) is 2.90. The van der Waals surface area contributed by atoms with Gasteiger partial charge in [-0.05, 0) is 51.0 Å². The summed E-state index contributed by atoms with van der Waals surface area (Å²) < 4.78 is 5.40. The molecule has 1 aromatic rings. The molecular formula is C15H21ClN2O3S. The maximum Gasteiger partial charge on any atom is 0.308 e. The van der Waals surface area contributed by atoms with Crippen LogP contribution >= 0.6 is 22.9 Å². The number of rotatable bonds is 6. The Hall–Kier alpha value is -1.11. The quantitative estimate of drug-likeness (QED) is 0.636. The predicted molar refractivity (Wildman–Crippen MR) is 87.5 cm³/mol. The van der Waals surface area contributed by atoms with Crippen molar-refractivity contribution >= 4 is 34.8 Å². The summed E-state index contributed by atoms with van der Waals surface area (Å²) in [6.07, 6.45) is 2.60. The molecule has 7 heteroatoms. The summed E-state index contributed by atoms with van der Waals surface area (Å²) in [6, 6.07) is 3.46. The van der Waals surface area contributed by atoms with E-state index >= 15 is 0 Å². The van der Waals surface area contributed by atoms with Gasteiger partial charge >= 0.3 is 5.97 Å². The van der Waals surface area contributed by atoms with Gasteiger partial charge in [0.25, 0.3) is 5.91 Å². The zero-order chi connectivity index (χ0) is 15.9. The molecule has 0 unspecified atom stereocenters. The number of methoxy groups -OCH3 is 1. The van der Waals surface area contributed by atoms with Crippen molar-refractivity contribution < 1.29 is 14.3 Å². The Labute approximate surface area is 139 Å². The van der Waals surface area contributed by atoms with Crippen LogP contribution in [0, 0.1) is 5.92 Å². The summed E-state index contributed by atoms with van der Waals surface area (Å²) in [5.74, 6) is -0.118. The summed E-state index contributed by atoms with van der Waals surface area (Å²) >= 11 is 7.10.